The molecule has 184 valence electrons. The standard InChI is InChI=1S/C25H24N6O5/c1-26-23(32)17-5-3-16(4-6-17)20-15-29-31-11-9-18(13-21(20)31)24(33)30(2)22-8-7-19(14-28-22)36-12-10-27-25(34)35/h3-9,11,13-15,27H,10,12H2,1-2H3,(H,26,32)(H,34,35). The predicted molar refractivity (Wildman–Crippen MR) is 133 cm³/mol. The fourth-order valence-electron chi connectivity index (χ4n) is 3.56. The number of carbonyl (C=O) groups excluding carboxylic acids is 2. The number of pyridine rings is 2. The first-order valence-corrected chi connectivity index (χ1v) is 11.0. The van der Waals surface area contributed by atoms with Gasteiger partial charge in [-0.05, 0) is 42.0 Å². The Hall–Kier alpha value is -4.93. The maximum atomic E-state index is 13.2. The number of fused-ring (bicyclic) bond motifs is 1. The molecule has 0 fully saturated rings. The Morgan fingerprint density at radius 1 is 1.06 bits per heavy atom. The average molecular weight is 489 g/mol. The van der Waals surface area contributed by atoms with E-state index in [1.165, 1.54) is 11.1 Å². The SMILES string of the molecule is CNC(=O)c1ccc(-c2cnn3ccc(C(=O)N(C)c4ccc(OCCNC(=O)O)cn4)cc23)cc1. The number of hydrogen-bond donors (Lipinski definition) is 3. The number of carbonyl (C=O) groups is 3. The van der Waals surface area contributed by atoms with Crippen LogP contribution in [-0.2, 0) is 0 Å². The number of ether oxygens (including phenoxy) is 1. The van der Waals surface area contributed by atoms with Crippen LogP contribution in [0.15, 0.2) is 67.1 Å². The first kappa shape index (κ1) is 24.2. The summed E-state index contributed by atoms with van der Waals surface area (Å²) in [5.41, 5.74) is 3.44. The molecule has 3 N–H and O–H groups in total. The number of nitrogens with zero attached hydrogens (tertiary/aromatic N) is 4. The summed E-state index contributed by atoms with van der Waals surface area (Å²) in [7, 11) is 3.21. The smallest absolute Gasteiger partial charge is 0.404 e. The summed E-state index contributed by atoms with van der Waals surface area (Å²) in [6.45, 7) is 0.303. The minimum absolute atomic E-state index is 0.146. The highest BCUT2D eigenvalue weighted by atomic mass is 16.5. The average Bonchev–Trinajstić information content (AvgIpc) is 3.33. The Balaban J connectivity index is 1.50. The lowest BCUT2D eigenvalue weighted by molar-refractivity contribution is 0.0961. The molecule has 11 heteroatoms. The van der Waals surface area contributed by atoms with Crippen molar-refractivity contribution in [3.63, 3.8) is 0 Å². The van der Waals surface area contributed by atoms with Crippen LogP contribution >= 0.6 is 0 Å². The molecular weight excluding hydrogens is 464 g/mol. The first-order chi connectivity index (χ1) is 17.4. The molecule has 3 amide bonds. The molecule has 36 heavy (non-hydrogen) atoms. The summed E-state index contributed by atoms with van der Waals surface area (Å²) < 4.78 is 7.12. The fraction of sp³-hybridized carbons (Fsp3) is 0.160. The quantitative estimate of drug-likeness (QED) is 0.324. The van der Waals surface area contributed by atoms with E-state index in [4.69, 9.17) is 9.84 Å². The molecule has 3 heterocycles. The van der Waals surface area contributed by atoms with Crippen LogP contribution < -0.4 is 20.3 Å². The van der Waals surface area contributed by atoms with Crippen LogP contribution in [0.1, 0.15) is 20.7 Å². The number of benzene rings is 1. The second kappa shape index (κ2) is 10.6. The molecule has 0 saturated carbocycles. The second-order valence-corrected chi connectivity index (χ2v) is 7.76. The zero-order valence-electron chi connectivity index (χ0n) is 19.6. The van der Waals surface area contributed by atoms with E-state index in [1.54, 1.807) is 67.4 Å². The number of rotatable bonds is 8. The zero-order valence-corrected chi connectivity index (χ0v) is 19.6. The third kappa shape index (κ3) is 5.25. The maximum Gasteiger partial charge on any atom is 0.404 e. The van der Waals surface area contributed by atoms with Gasteiger partial charge in [-0.2, -0.15) is 5.10 Å². The van der Waals surface area contributed by atoms with E-state index in [-0.39, 0.29) is 25.0 Å². The molecule has 11 nitrogen and oxygen atoms in total. The van der Waals surface area contributed by atoms with Gasteiger partial charge in [-0.1, -0.05) is 12.1 Å². The summed E-state index contributed by atoms with van der Waals surface area (Å²) in [4.78, 5) is 41.2. The number of aromatic nitrogens is 3. The largest absolute Gasteiger partial charge is 0.490 e. The summed E-state index contributed by atoms with van der Waals surface area (Å²) in [6.07, 6.45) is 3.79. The molecule has 0 spiro atoms. The number of amides is 3. The molecule has 0 aliphatic rings. The Kier molecular flexibility index (Phi) is 7.10. The maximum absolute atomic E-state index is 13.2. The van der Waals surface area contributed by atoms with Crippen molar-refractivity contribution in [3.8, 4) is 16.9 Å². The minimum Gasteiger partial charge on any atom is -0.490 e. The Labute approximate surface area is 206 Å². The van der Waals surface area contributed by atoms with Gasteiger partial charge in [0.2, 0.25) is 0 Å². The first-order valence-electron chi connectivity index (χ1n) is 11.0. The van der Waals surface area contributed by atoms with Crippen molar-refractivity contribution in [3.05, 3.63) is 78.2 Å². The van der Waals surface area contributed by atoms with E-state index in [0.717, 1.165) is 16.6 Å². The predicted octanol–water partition coefficient (Wildman–Crippen LogP) is 2.68. The lowest BCUT2D eigenvalue weighted by atomic mass is 10.0. The van der Waals surface area contributed by atoms with Crippen LogP contribution in [-0.4, -0.2) is 64.9 Å². The Morgan fingerprint density at radius 3 is 2.50 bits per heavy atom. The summed E-state index contributed by atoms with van der Waals surface area (Å²) in [5.74, 6) is 0.459. The molecule has 0 atom stereocenters. The zero-order chi connectivity index (χ0) is 25.7. The van der Waals surface area contributed by atoms with E-state index in [0.29, 0.717) is 22.7 Å². The third-order valence-electron chi connectivity index (χ3n) is 5.47. The monoisotopic (exact) mass is 488 g/mol. The van der Waals surface area contributed by atoms with Crippen molar-refractivity contribution in [1.29, 1.82) is 0 Å². The van der Waals surface area contributed by atoms with Gasteiger partial charge in [0.15, 0.2) is 0 Å². The Bertz CT molecular complexity index is 1400. The summed E-state index contributed by atoms with van der Waals surface area (Å²) >= 11 is 0. The fourth-order valence-corrected chi connectivity index (χ4v) is 3.56. The lowest BCUT2D eigenvalue weighted by Gasteiger charge is -2.17. The molecule has 1 aromatic carbocycles. The van der Waals surface area contributed by atoms with Gasteiger partial charge < -0.3 is 20.5 Å². The molecule has 0 saturated heterocycles. The summed E-state index contributed by atoms with van der Waals surface area (Å²) in [6, 6.07) is 13.9. The molecule has 0 aliphatic heterocycles. The Morgan fingerprint density at radius 2 is 1.83 bits per heavy atom. The van der Waals surface area contributed by atoms with Gasteiger partial charge in [-0.25, -0.2) is 14.3 Å². The third-order valence-corrected chi connectivity index (χ3v) is 5.47. The second-order valence-electron chi connectivity index (χ2n) is 7.76. The number of carboxylic acid groups (broad SMARTS) is 1. The van der Waals surface area contributed by atoms with Gasteiger partial charge in [-0.15, -0.1) is 0 Å². The molecule has 0 bridgehead atoms. The van der Waals surface area contributed by atoms with Crippen LogP contribution in [0.25, 0.3) is 16.6 Å². The number of hydrogen-bond acceptors (Lipinski definition) is 6. The van der Waals surface area contributed by atoms with Crippen molar-refractivity contribution in [2.24, 2.45) is 0 Å². The molecular formula is C25H24N6O5. The van der Waals surface area contributed by atoms with Gasteiger partial charge in [0.1, 0.15) is 18.2 Å². The molecule has 0 aliphatic carbocycles. The molecule has 3 aromatic heterocycles. The highest BCUT2D eigenvalue weighted by molar-refractivity contribution is 6.06. The topological polar surface area (TPSA) is 138 Å². The molecule has 4 aromatic rings. The van der Waals surface area contributed by atoms with E-state index < -0.39 is 6.09 Å². The van der Waals surface area contributed by atoms with Gasteiger partial charge >= 0.3 is 6.09 Å². The number of nitrogens with one attached hydrogen (secondary N) is 2. The summed E-state index contributed by atoms with van der Waals surface area (Å²) in [5, 5.41) is 17.8. The van der Waals surface area contributed by atoms with Crippen LogP contribution in [0.3, 0.4) is 0 Å². The van der Waals surface area contributed by atoms with E-state index in [1.807, 2.05) is 12.1 Å². The van der Waals surface area contributed by atoms with Gasteiger partial charge in [0, 0.05) is 37.0 Å². The highest BCUT2D eigenvalue weighted by Crippen LogP contribution is 2.26. The van der Waals surface area contributed by atoms with Crippen molar-refractivity contribution in [1.82, 2.24) is 25.2 Å². The van der Waals surface area contributed by atoms with Gasteiger partial charge in [-0.3, -0.25) is 14.5 Å². The number of anilines is 1. The van der Waals surface area contributed by atoms with Crippen LogP contribution in [0.2, 0.25) is 0 Å². The van der Waals surface area contributed by atoms with E-state index in [9.17, 15) is 14.4 Å². The molecule has 0 unspecified atom stereocenters. The van der Waals surface area contributed by atoms with Crippen molar-refractivity contribution in [2.75, 3.05) is 32.1 Å². The van der Waals surface area contributed by atoms with Crippen LogP contribution in [0, 0.1) is 0 Å². The normalized spacial score (nSPS) is 10.6. The van der Waals surface area contributed by atoms with Crippen LogP contribution in [0.4, 0.5) is 10.6 Å². The van der Waals surface area contributed by atoms with E-state index >= 15 is 0 Å². The molecule has 0 radical (unpaired) electrons. The van der Waals surface area contributed by atoms with Crippen LogP contribution in [0.5, 0.6) is 5.75 Å². The minimum atomic E-state index is -1.12. The van der Waals surface area contributed by atoms with Crippen molar-refractivity contribution >= 4 is 29.2 Å². The van der Waals surface area contributed by atoms with Gasteiger partial charge in [0.05, 0.1) is 24.5 Å². The van der Waals surface area contributed by atoms with E-state index in [2.05, 4.69) is 20.7 Å². The lowest BCUT2D eigenvalue weighted by Crippen LogP contribution is -2.27. The van der Waals surface area contributed by atoms with Crippen molar-refractivity contribution in [2.45, 2.75) is 0 Å². The van der Waals surface area contributed by atoms with Crippen molar-refractivity contribution < 1.29 is 24.2 Å². The molecule has 4 rings (SSSR count). The highest BCUT2D eigenvalue weighted by Gasteiger charge is 2.17. The van der Waals surface area contributed by atoms with Gasteiger partial charge in [0.25, 0.3) is 11.8 Å².